The maximum Gasteiger partial charge on any atom is 0.339 e. The van der Waals surface area contributed by atoms with Crippen LogP contribution in [0.15, 0.2) is 18.2 Å². The summed E-state index contributed by atoms with van der Waals surface area (Å²) < 4.78 is 0. The SMILES string of the molecule is CC(C)SCC(=O)Nc1ccc(O)c(C(=O)O)c1. The van der Waals surface area contributed by atoms with Gasteiger partial charge in [-0.25, -0.2) is 4.79 Å². The van der Waals surface area contributed by atoms with Crippen molar-refractivity contribution in [2.75, 3.05) is 11.1 Å². The average Bonchev–Trinajstić information content (AvgIpc) is 2.28. The highest BCUT2D eigenvalue weighted by Crippen LogP contribution is 2.21. The highest BCUT2D eigenvalue weighted by Gasteiger charge is 2.11. The molecule has 1 rings (SSSR count). The van der Waals surface area contributed by atoms with E-state index < -0.39 is 5.97 Å². The predicted octanol–water partition coefficient (Wildman–Crippen LogP) is 2.17. The Bertz CT molecular complexity index is 459. The van der Waals surface area contributed by atoms with Crippen LogP contribution in [0.5, 0.6) is 5.75 Å². The summed E-state index contributed by atoms with van der Waals surface area (Å²) in [6, 6.07) is 3.93. The van der Waals surface area contributed by atoms with Gasteiger partial charge in [-0.3, -0.25) is 4.79 Å². The Morgan fingerprint density at radius 3 is 2.61 bits per heavy atom. The topological polar surface area (TPSA) is 86.6 Å². The third-order valence-electron chi connectivity index (χ3n) is 2.06. The van der Waals surface area contributed by atoms with Crippen molar-refractivity contribution < 1.29 is 19.8 Å². The Morgan fingerprint density at radius 1 is 1.39 bits per heavy atom. The Hall–Kier alpha value is -1.69. The number of rotatable bonds is 5. The van der Waals surface area contributed by atoms with Gasteiger partial charge in [-0.1, -0.05) is 13.8 Å². The first-order valence-electron chi connectivity index (χ1n) is 5.38. The Labute approximate surface area is 109 Å². The largest absolute Gasteiger partial charge is 0.507 e. The van der Waals surface area contributed by atoms with E-state index in [0.29, 0.717) is 16.7 Å². The molecule has 0 aliphatic carbocycles. The van der Waals surface area contributed by atoms with Gasteiger partial charge in [0.1, 0.15) is 11.3 Å². The molecule has 0 atom stereocenters. The molecule has 0 aliphatic heterocycles. The van der Waals surface area contributed by atoms with Crippen molar-refractivity contribution in [3.05, 3.63) is 23.8 Å². The van der Waals surface area contributed by atoms with Crippen LogP contribution in [0.4, 0.5) is 5.69 Å². The molecule has 0 saturated heterocycles. The highest BCUT2D eigenvalue weighted by molar-refractivity contribution is 8.00. The van der Waals surface area contributed by atoms with Crippen molar-refractivity contribution in [3.8, 4) is 5.75 Å². The van der Waals surface area contributed by atoms with E-state index in [1.165, 1.54) is 30.0 Å². The third-order valence-corrected chi connectivity index (χ3v) is 3.15. The summed E-state index contributed by atoms with van der Waals surface area (Å²) in [5.41, 5.74) is 0.129. The van der Waals surface area contributed by atoms with Gasteiger partial charge in [0.25, 0.3) is 0 Å². The fourth-order valence-corrected chi connectivity index (χ4v) is 1.78. The van der Waals surface area contributed by atoms with Crippen LogP contribution in [0.2, 0.25) is 0 Å². The number of carbonyl (C=O) groups is 2. The minimum Gasteiger partial charge on any atom is -0.507 e. The van der Waals surface area contributed by atoms with Crippen LogP contribution < -0.4 is 5.32 Å². The van der Waals surface area contributed by atoms with Crippen LogP contribution in [0, 0.1) is 0 Å². The van der Waals surface area contributed by atoms with Crippen LogP contribution in [-0.2, 0) is 4.79 Å². The highest BCUT2D eigenvalue weighted by atomic mass is 32.2. The van der Waals surface area contributed by atoms with Crippen LogP contribution >= 0.6 is 11.8 Å². The lowest BCUT2D eigenvalue weighted by molar-refractivity contribution is -0.113. The van der Waals surface area contributed by atoms with E-state index in [0.717, 1.165) is 0 Å². The smallest absolute Gasteiger partial charge is 0.339 e. The van der Waals surface area contributed by atoms with E-state index in [-0.39, 0.29) is 17.2 Å². The quantitative estimate of drug-likeness (QED) is 0.713. The Morgan fingerprint density at radius 2 is 2.06 bits per heavy atom. The van der Waals surface area contributed by atoms with E-state index in [1.54, 1.807) is 0 Å². The number of benzene rings is 1. The molecule has 1 amide bonds. The second kappa shape index (κ2) is 6.30. The molecule has 0 saturated carbocycles. The number of hydrogen-bond donors (Lipinski definition) is 3. The lowest BCUT2D eigenvalue weighted by Crippen LogP contribution is -2.15. The van der Waals surface area contributed by atoms with Crippen molar-refractivity contribution >= 4 is 29.3 Å². The molecule has 18 heavy (non-hydrogen) atoms. The van der Waals surface area contributed by atoms with E-state index in [2.05, 4.69) is 5.32 Å². The summed E-state index contributed by atoms with van der Waals surface area (Å²) in [6.45, 7) is 3.97. The fourth-order valence-electron chi connectivity index (χ4n) is 1.22. The molecule has 0 heterocycles. The Balaban J connectivity index is 2.70. The maximum atomic E-state index is 11.5. The standard InChI is InChI=1S/C12H15NO4S/c1-7(2)18-6-11(15)13-8-3-4-10(14)9(5-8)12(16)17/h3-5,7,14H,6H2,1-2H3,(H,13,15)(H,16,17). The molecule has 0 bridgehead atoms. The van der Waals surface area contributed by atoms with Gasteiger partial charge in [-0.2, -0.15) is 0 Å². The second-order valence-electron chi connectivity index (χ2n) is 3.95. The first kappa shape index (κ1) is 14.4. The monoisotopic (exact) mass is 269 g/mol. The third kappa shape index (κ3) is 4.29. The molecule has 1 aromatic rings. The number of amides is 1. The van der Waals surface area contributed by atoms with Gasteiger partial charge in [0.2, 0.25) is 5.91 Å². The number of aromatic hydroxyl groups is 1. The van der Waals surface area contributed by atoms with Crippen molar-refractivity contribution in [1.82, 2.24) is 0 Å². The number of thioether (sulfide) groups is 1. The minimum absolute atomic E-state index is 0.198. The molecule has 6 heteroatoms. The molecule has 0 aliphatic rings. The molecule has 0 aromatic heterocycles. The zero-order valence-corrected chi connectivity index (χ0v) is 11.0. The first-order valence-corrected chi connectivity index (χ1v) is 6.42. The van der Waals surface area contributed by atoms with Gasteiger partial charge in [-0.05, 0) is 23.4 Å². The molecular formula is C12H15NO4S. The number of phenols is 1. The summed E-state index contributed by atoms with van der Waals surface area (Å²) in [7, 11) is 0. The van der Waals surface area contributed by atoms with Gasteiger partial charge in [0.15, 0.2) is 0 Å². The zero-order chi connectivity index (χ0) is 13.7. The molecule has 98 valence electrons. The summed E-state index contributed by atoms with van der Waals surface area (Å²) >= 11 is 1.49. The van der Waals surface area contributed by atoms with E-state index in [9.17, 15) is 14.7 Å². The van der Waals surface area contributed by atoms with E-state index in [1.807, 2.05) is 13.8 Å². The summed E-state index contributed by atoms with van der Waals surface area (Å²) in [4.78, 5) is 22.3. The lowest BCUT2D eigenvalue weighted by atomic mass is 10.2. The Kier molecular flexibility index (Phi) is 5.03. The van der Waals surface area contributed by atoms with Gasteiger partial charge < -0.3 is 15.5 Å². The molecule has 0 spiro atoms. The molecular weight excluding hydrogens is 254 g/mol. The number of nitrogens with one attached hydrogen (secondary N) is 1. The average molecular weight is 269 g/mol. The number of aromatic carboxylic acids is 1. The molecule has 3 N–H and O–H groups in total. The zero-order valence-electron chi connectivity index (χ0n) is 10.1. The van der Waals surface area contributed by atoms with Crippen LogP contribution in [0.1, 0.15) is 24.2 Å². The van der Waals surface area contributed by atoms with Gasteiger partial charge in [0.05, 0.1) is 5.75 Å². The van der Waals surface area contributed by atoms with Gasteiger partial charge in [-0.15, -0.1) is 11.8 Å². The lowest BCUT2D eigenvalue weighted by Gasteiger charge is -2.08. The van der Waals surface area contributed by atoms with E-state index >= 15 is 0 Å². The van der Waals surface area contributed by atoms with Crippen LogP contribution in [0.25, 0.3) is 0 Å². The first-order chi connectivity index (χ1) is 8.40. The summed E-state index contributed by atoms with van der Waals surface area (Å²) in [5.74, 6) is -1.45. The predicted molar refractivity (Wildman–Crippen MR) is 71.3 cm³/mol. The van der Waals surface area contributed by atoms with Crippen molar-refractivity contribution in [1.29, 1.82) is 0 Å². The van der Waals surface area contributed by atoms with Gasteiger partial charge in [0, 0.05) is 5.69 Å². The summed E-state index contributed by atoms with van der Waals surface area (Å²) in [5, 5.41) is 21.1. The van der Waals surface area contributed by atoms with Crippen molar-refractivity contribution in [3.63, 3.8) is 0 Å². The van der Waals surface area contributed by atoms with Crippen LogP contribution in [0.3, 0.4) is 0 Å². The summed E-state index contributed by atoms with van der Waals surface area (Å²) in [6.07, 6.45) is 0. The number of carboxylic acids is 1. The van der Waals surface area contributed by atoms with E-state index in [4.69, 9.17) is 5.11 Å². The normalized spacial score (nSPS) is 10.4. The minimum atomic E-state index is -1.24. The van der Waals surface area contributed by atoms with Crippen molar-refractivity contribution in [2.24, 2.45) is 0 Å². The van der Waals surface area contributed by atoms with Crippen molar-refractivity contribution in [2.45, 2.75) is 19.1 Å². The molecule has 0 unspecified atom stereocenters. The van der Waals surface area contributed by atoms with Gasteiger partial charge >= 0.3 is 5.97 Å². The molecule has 0 fully saturated rings. The molecule has 0 radical (unpaired) electrons. The number of carbonyl (C=O) groups excluding carboxylic acids is 1. The second-order valence-corrected chi connectivity index (χ2v) is 5.51. The fraction of sp³-hybridized carbons (Fsp3) is 0.333. The maximum absolute atomic E-state index is 11.5. The number of anilines is 1. The van der Waals surface area contributed by atoms with Crippen LogP contribution in [-0.4, -0.2) is 33.1 Å². The number of carboxylic acid groups (broad SMARTS) is 1. The number of hydrogen-bond acceptors (Lipinski definition) is 4. The molecule has 5 nitrogen and oxygen atoms in total. The molecule has 1 aromatic carbocycles.